The predicted octanol–water partition coefficient (Wildman–Crippen LogP) is 1.97. The second-order valence-corrected chi connectivity index (χ2v) is 4.99. The van der Waals surface area contributed by atoms with E-state index in [4.69, 9.17) is 9.84 Å². The first-order chi connectivity index (χ1) is 9.70. The molecule has 0 heterocycles. The number of halogens is 1. The molecule has 1 aliphatic rings. The normalized spacial score (nSPS) is 15.3. The Kier molecular flexibility index (Phi) is 5.35. The number of carbonyl (C=O) groups is 1. The lowest BCUT2D eigenvalue weighted by Gasteiger charge is -2.28. The van der Waals surface area contributed by atoms with Crippen LogP contribution in [0.15, 0.2) is 24.3 Å². The molecule has 0 saturated heterocycles. The van der Waals surface area contributed by atoms with Crippen molar-refractivity contribution in [2.75, 3.05) is 19.8 Å². The van der Waals surface area contributed by atoms with Crippen LogP contribution in [0.1, 0.15) is 25.7 Å². The summed E-state index contributed by atoms with van der Waals surface area (Å²) >= 11 is 0. The molecule has 1 saturated carbocycles. The number of benzene rings is 1. The lowest BCUT2D eigenvalue weighted by molar-refractivity contribution is -0.136. The minimum Gasteiger partial charge on any atom is -0.484 e. The summed E-state index contributed by atoms with van der Waals surface area (Å²) in [6, 6.07) is 5.79. The maximum atomic E-state index is 12.8. The molecule has 0 radical (unpaired) electrons. The number of hydrogen-bond acceptors (Lipinski definition) is 3. The Morgan fingerprint density at radius 3 is 2.55 bits per heavy atom. The van der Waals surface area contributed by atoms with Crippen molar-refractivity contribution in [3.8, 4) is 5.75 Å². The minimum atomic E-state index is -0.337. The number of carbonyl (C=O) groups excluding carboxylic acids is 1. The Hall–Kier alpha value is -1.62. The number of rotatable bonds is 6. The molecule has 1 N–H and O–H groups in total. The number of amides is 1. The molecule has 0 aromatic heterocycles. The highest BCUT2D eigenvalue weighted by Crippen LogP contribution is 2.23. The van der Waals surface area contributed by atoms with Crippen LogP contribution in [0.3, 0.4) is 0 Å². The lowest BCUT2D eigenvalue weighted by Crippen LogP contribution is -2.43. The number of aliphatic hydroxyl groups is 1. The summed E-state index contributed by atoms with van der Waals surface area (Å²) in [4.78, 5) is 13.9. The van der Waals surface area contributed by atoms with E-state index in [1.54, 1.807) is 4.90 Å². The van der Waals surface area contributed by atoms with Crippen molar-refractivity contribution in [3.63, 3.8) is 0 Å². The highest BCUT2D eigenvalue weighted by atomic mass is 19.1. The Morgan fingerprint density at radius 1 is 1.30 bits per heavy atom. The monoisotopic (exact) mass is 281 g/mol. The van der Waals surface area contributed by atoms with Gasteiger partial charge in [0.2, 0.25) is 0 Å². The van der Waals surface area contributed by atoms with Crippen molar-refractivity contribution in [2.24, 2.45) is 0 Å². The van der Waals surface area contributed by atoms with E-state index in [1.807, 2.05) is 0 Å². The molecular weight excluding hydrogens is 261 g/mol. The molecule has 110 valence electrons. The molecule has 5 heteroatoms. The van der Waals surface area contributed by atoms with Gasteiger partial charge in [-0.2, -0.15) is 0 Å². The summed E-state index contributed by atoms with van der Waals surface area (Å²) in [6.45, 7) is 0.219. The van der Waals surface area contributed by atoms with Crippen LogP contribution in [-0.4, -0.2) is 41.7 Å². The van der Waals surface area contributed by atoms with E-state index in [1.165, 1.54) is 24.3 Å². The first-order valence-electron chi connectivity index (χ1n) is 6.99. The Labute approximate surface area is 118 Å². The topological polar surface area (TPSA) is 49.8 Å². The quantitative estimate of drug-likeness (QED) is 0.867. The number of ether oxygens (including phenoxy) is 1. The summed E-state index contributed by atoms with van der Waals surface area (Å²) < 4.78 is 18.1. The van der Waals surface area contributed by atoms with Crippen LogP contribution in [0, 0.1) is 5.82 Å². The Balaban J connectivity index is 1.89. The Bertz CT molecular complexity index is 429. The largest absolute Gasteiger partial charge is 0.484 e. The number of nitrogens with zero attached hydrogens (tertiary/aromatic N) is 1. The molecule has 20 heavy (non-hydrogen) atoms. The molecule has 0 atom stereocenters. The highest BCUT2D eigenvalue weighted by Gasteiger charge is 2.26. The number of aliphatic hydroxyl groups excluding tert-OH is 1. The van der Waals surface area contributed by atoms with E-state index in [0.29, 0.717) is 12.3 Å². The molecule has 1 amide bonds. The standard InChI is InChI=1S/C15H20FNO3/c16-12-5-7-14(8-6-12)20-11-15(19)17(9-10-18)13-3-1-2-4-13/h5-8,13,18H,1-4,9-11H2. The maximum Gasteiger partial charge on any atom is 0.260 e. The fourth-order valence-electron chi connectivity index (χ4n) is 2.59. The highest BCUT2D eigenvalue weighted by molar-refractivity contribution is 5.78. The van der Waals surface area contributed by atoms with Gasteiger partial charge in [-0.05, 0) is 37.1 Å². The summed E-state index contributed by atoms with van der Waals surface area (Å²) in [5, 5.41) is 9.09. The van der Waals surface area contributed by atoms with Gasteiger partial charge in [0.25, 0.3) is 5.91 Å². The lowest BCUT2D eigenvalue weighted by atomic mass is 10.2. The van der Waals surface area contributed by atoms with E-state index in [0.717, 1.165) is 25.7 Å². The van der Waals surface area contributed by atoms with Crippen LogP contribution in [-0.2, 0) is 4.79 Å². The molecule has 1 aromatic carbocycles. The Morgan fingerprint density at radius 2 is 1.95 bits per heavy atom. The van der Waals surface area contributed by atoms with Crippen LogP contribution >= 0.6 is 0 Å². The summed E-state index contributed by atoms with van der Waals surface area (Å²) in [7, 11) is 0. The van der Waals surface area contributed by atoms with E-state index in [9.17, 15) is 9.18 Å². The smallest absolute Gasteiger partial charge is 0.260 e. The van der Waals surface area contributed by atoms with E-state index in [-0.39, 0.29) is 31.0 Å². The molecule has 0 bridgehead atoms. The van der Waals surface area contributed by atoms with E-state index in [2.05, 4.69) is 0 Å². The van der Waals surface area contributed by atoms with Gasteiger partial charge >= 0.3 is 0 Å². The van der Waals surface area contributed by atoms with Crippen molar-refractivity contribution in [1.82, 2.24) is 4.90 Å². The number of hydrogen-bond donors (Lipinski definition) is 1. The third kappa shape index (κ3) is 3.93. The van der Waals surface area contributed by atoms with Gasteiger partial charge < -0.3 is 14.7 Å². The molecule has 2 rings (SSSR count). The van der Waals surface area contributed by atoms with Gasteiger partial charge in [0.15, 0.2) is 6.61 Å². The third-order valence-corrected chi connectivity index (χ3v) is 3.60. The second-order valence-electron chi connectivity index (χ2n) is 4.99. The minimum absolute atomic E-state index is 0.0429. The van der Waals surface area contributed by atoms with Gasteiger partial charge in [-0.3, -0.25) is 4.79 Å². The molecule has 1 aliphatic carbocycles. The van der Waals surface area contributed by atoms with Crippen molar-refractivity contribution >= 4 is 5.91 Å². The van der Waals surface area contributed by atoms with Crippen LogP contribution in [0.5, 0.6) is 5.75 Å². The first-order valence-corrected chi connectivity index (χ1v) is 6.99. The summed E-state index contributed by atoms with van der Waals surface area (Å²) in [6.07, 6.45) is 4.22. The zero-order valence-electron chi connectivity index (χ0n) is 11.4. The molecule has 0 unspecified atom stereocenters. The molecule has 1 fully saturated rings. The van der Waals surface area contributed by atoms with E-state index >= 15 is 0 Å². The van der Waals surface area contributed by atoms with Crippen LogP contribution in [0.25, 0.3) is 0 Å². The fraction of sp³-hybridized carbons (Fsp3) is 0.533. The predicted molar refractivity (Wildman–Crippen MR) is 72.9 cm³/mol. The maximum absolute atomic E-state index is 12.8. The van der Waals surface area contributed by atoms with Crippen molar-refractivity contribution in [1.29, 1.82) is 0 Å². The van der Waals surface area contributed by atoms with Crippen molar-refractivity contribution in [3.05, 3.63) is 30.1 Å². The van der Waals surface area contributed by atoms with Crippen LogP contribution < -0.4 is 4.74 Å². The van der Waals surface area contributed by atoms with Crippen molar-refractivity contribution in [2.45, 2.75) is 31.7 Å². The average molecular weight is 281 g/mol. The molecule has 4 nitrogen and oxygen atoms in total. The van der Waals surface area contributed by atoms with E-state index < -0.39 is 0 Å². The van der Waals surface area contributed by atoms with Crippen LogP contribution in [0.4, 0.5) is 4.39 Å². The van der Waals surface area contributed by atoms with Gasteiger partial charge in [-0.15, -0.1) is 0 Å². The molecule has 1 aromatic rings. The second kappa shape index (κ2) is 7.24. The summed E-state index contributed by atoms with van der Waals surface area (Å²) in [5.41, 5.74) is 0. The molecular formula is C15H20FNO3. The fourth-order valence-corrected chi connectivity index (χ4v) is 2.59. The van der Waals surface area contributed by atoms with Gasteiger partial charge in [-0.25, -0.2) is 4.39 Å². The zero-order chi connectivity index (χ0) is 14.4. The van der Waals surface area contributed by atoms with Gasteiger partial charge in [0.05, 0.1) is 6.61 Å². The first kappa shape index (κ1) is 14.8. The van der Waals surface area contributed by atoms with Gasteiger partial charge in [-0.1, -0.05) is 12.8 Å². The average Bonchev–Trinajstić information content (AvgIpc) is 2.97. The van der Waals surface area contributed by atoms with Crippen molar-refractivity contribution < 1.29 is 19.0 Å². The SMILES string of the molecule is O=C(COc1ccc(F)cc1)N(CCO)C1CCCC1. The zero-order valence-corrected chi connectivity index (χ0v) is 11.4. The molecule has 0 spiro atoms. The van der Waals surface area contributed by atoms with Gasteiger partial charge in [0.1, 0.15) is 11.6 Å². The summed E-state index contributed by atoms with van der Waals surface area (Å²) in [5.74, 6) is 0.00179. The van der Waals surface area contributed by atoms with Gasteiger partial charge in [0, 0.05) is 12.6 Å². The molecule has 0 aliphatic heterocycles. The van der Waals surface area contributed by atoms with Crippen LogP contribution in [0.2, 0.25) is 0 Å². The third-order valence-electron chi connectivity index (χ3n) is 3.60.